The normalized spacial score (nSPS) is 15.4. The number of nitrogens with one attached hydrogen (secondary N) is 2. The second-order valence-corrected chi connectivity index (χ2v) is 15.0. The van der Waals surface area contributed by atoms with Crippen molar-refractivity contribution in [2.75, 3.05) is 19.8 Å². The Labute approximate surface area is 322 Å². The van der Waals surface area contributed by atoms with Crippen molar-refractivity contribution in [3.8, 4) is 0 Å². The summed E-state index contributed by atoms with van der Waals surface area (Å²) in [5, 5.41) is 5.97. The Balaban J connectivity index is 1.84. The molecular weight excluding hydrogens is 668 g/mol. The fraction of sp³-hybridized carbons (Fsp3) is 0.795. The van der Waals surface area contributed by atoms with Crippen LogP contribution in [0.5, 0.6) is 0 Å². The van der Waals surface area contributed by atoms with Crippen LogP contribution in [0, 0.1) is 0 Å². The first-order valence-corrected chi connectivity index (χ1v) is 21.7. The molecule has 304 valence electrons. The van der Waals surface area contributed by atoms with E-state index >= 15 is 0 Å². The summed E-state index contributed by atoms with van der Waals surface area (Å²) in [7, 11) is 0. The largest absolute Gasteiger partial charge is 0.462 e. The van der Waals surface area contributed by atoms with Crippen molar-refractivity contribution in [1.29, 1.82) is 0 Å². The molecule has 1 aliphatic heterocycles. The van der Waals surface area contributed by atoms with Crippen molar-refractivity contribution in [3.63, 3.8) is 0 Å². The van der Waals surface area contributed by atoms with Gasteiger partial charge in [-0.05, 0) is 56.9 Å². The van der Waals surface area contributed by atoms with Crippen molar-refractivity contribution in [2.45, 2.75) is 206 Å². The van der Waals surface area contributed by atoms with E-state index in [9.17, 15) is 14.4 Å². The van der Waals surface area contributed by atoms with Crippen molar-refractivity contribution in [1.82, 2.24) is 10.6 Å². The number of amides is 2. The molecule has 1 aromatic carbocycles. The minimum atomic E-state index is -0.468. The van der Waals surface area contributed by atoms with E-state index in [-0.39, 0.29) is 37.2 Å². The minimum absolute atomic E-state index is 0.140. The molecule has 9 nitrogen and oxygen atoms in total. The van der Waals surface area contributed by atoms with E-state index in [1.807, 2.05) is 30.3 Å². The average molecular weight is 745 g/mol. The number of ether oxygens (including phenoxy) is 4. The van der Waals surface area contributed by atoms with E-state index in [0.717, 1.165) is 56.9 Å². The standard InChI is InChI=1S/C44H76N2O7/c1-3-5-7-9-11-13-15-17-22-30-40(53-42(48)31-23-18-16-14-12-10-8-6-4-2)35-41(47)46-39(37-51-43-32-24-25-34-50-43)29-26-33-45-44(49)52-36-38-27-20-19-21-28-38/h19-21,27-28,39-40,43H,3-18,22-26,29-37H2,1-2H3,(H,45,49)(H,46,47)/t39-,40-,43?/m1/s1. The Morgan fingerprint density at radius 1 is 0.755 bits per heavy atom. The molecule has 9 heteroatoms. The molecule has 1 unspecified atom stereocenters. The highest BCUT2D eigenvalue weighted by Gasteiger charge is 2.22. The van der Waals surface area contributed by atoms with Gasteiger partial charge in [0.05, 0.1) is 19.1 Å². The van der Waals surface area contributed by atoms with Gasteiger partial charge in [0.2, 0.25) is 5.91 Å². The van der Waals surface area contributed by atoms with Gasteiger partial charge in [0, 0.05) is 19.6 Å². The number of hydrogen-bond acceptors (Lipinski definition) is 7. The molecule has 2 rings (SSSR count). The second kappa shape index (κ2) is 32.8. The minimum Gasteiger partial charge on any atom is -0.462 e. The van der Waals surface area contributed by atoms with Gasteiger partial charge in [-0.3, -0.25) is 9.59 Å². The average Bonchev–Trinajstić information content (AvgIpc) is 3.17. The molecule has 1 saturated heterocycles. The van der Waals surface area contributed by atoms with Gasteiger partial charge >= 0.3 is 12.1 Å². The molecule has 3 atom stereocenters. The van der Waals surface area contributed by atoms with Gasteiger partial charge in [0.1, 0.15) is 12.7 Å². The van der Waals surface area contributed by atoms with Crippen LogP contribution in [-0.2, 0) is 35.1 Å². The zero-order chi connectivity index (χ0) is 38.0. The van der Waals surface area contributed by atoms with Gasteiger partial charge in [-0.2, -0.15) is 0 Å². The first kappa shape index (κ1) is 46.5. The topological polar surface area (TPSA) is 112 Å². The SMILES string of the molecule is CCCCCCCCCCCC(=O)O[C@H](CCCCCCCCCCC)CC(=O)N[C@H](CCCNC(=O)OCc1ccccc1)COC1CCCCO1. The van der Waals surface area contributed by atoms with E-state index < -0.39 is 12.2 Å². The molecule has 0 saturated carbocycles. The lowest BCUT2D eigenvalue weighted by Crippen LogP contribution is -2.42. The summed E-state index contributed by atoms with van der Waals surface area (Å²) in [4.78, 5) is 38.6. The number of hydrogen-bond donors (Lipinski definition) is 2. The molecule has 1 heterocycles. The van der Waals surface area contributed by atoms with E-state index in [0.29, 0.717) is 45.4 Å². The van der Waals surface area contributed by atoms with Crippen molar-refractivity contribution >= 4 is 18.0 Å². The molecule has 1 fully saturated rings. The number of carbonyl (C=O) groups is 3. The number of alkyl carbamates (subject to hydrolysis) is 1. The summed E-state index contributed by atoms with van der Waals surface area (Å²) in [6, 6.07) is 9.31. The Bertz CT molecular complexity index is 1030. The summed E-state index contributed by atoms with van der Waals surface area (Å²) in [5.74, 6) is -0.337. The van der Waals surface area contributed by atoms with Crippen LogP contribution in [0.3, 0.4) is 0 Å². The lowest BCUT2D eigenvalue weighted by Gasteiger charge is -2.26. The van der Waals surface area contributed by atoms with Gasteiger partial charge in [-0.15, -0.1) is 0 Å². The van der Waals surface area contributed by atoms with Gasteiger partial charge in [0.15, 0.2) is 6.29 Å². The summed E-state index contributed by atoms with van der Waals surface area (Å²) >= 11 is 0. The zero-order valence-electron chi connectivity index (χ0n) is 33.7. The van der Waals surface area contributed by atoms with E-state index in [4.69, 9.17) is 18.9 Å². The number of rotatable bonds is 33. The van der Waals surface area contributed by atoms with Crippen molar-refractivity contribution in [3.05, 3.63) is 35.9 Å². The van der Waals surface area contributed by atoms with Crippen LogP contribution in [0.15, 0.2) is 30.3 Å². The van der Waals surface area contributed by atoms with Crippen LogP contribution in [0.25, 0.3) is 0 Å². The third kappa shape index (κ3) is 26.7. The summed E-state index contributed by atoms with van der Waals surface area (Å²) in [5.41, 5.74) is 0.929. The Morgan fingerprint density at radius 2 is 1.38 bits per heavy atom. The maximum absolute atomic E-state index is 13.5. The quantitative estimate of drug-likeness (QED) is 0.0544. The summed E-state index contributed by atoms with van der Waals surface area (Å²) in [6.45, 7) is 6.11. The lowest BCUT2D eigenvalue weighted by molar-refractivity contribution is -0.167. The van der Waals surface area contributed by atoms with E-state index in [2.05, 4.69) is 24.5 Å². The predicted octanol–water partition coefficient (Wildman–Crippen LogP) is 10.9. The number of carbonyl (C=O) groups excluding carboxylic acids is 3. The van der Waals surface area contributed by atoms with Gasteiger partial charge < -0.3 is 29.6 Å². The number of unbranched alkanes of at least 4 members (excludes halogenated alkanes) is 16. The molecule has 53 heavy (non-hydrogen) atoms. The van der Waals surface area contributed by atoms with Crippen LogP contribution in [0.2, 0.25) is 0 Å². The van der Waals surface area contributed by atoms with Crippen molar-refractivity contribution < 1.29 is 33.3 Å². The zero-order valence-corrected chi connectivity index (χ0v) is 33.7. The third-order valence-corrected chi connectivity index (χ3v) is 10.0. The maximum Gasteiger partial charge on any atom is 0.407 e. The molecule has 1 aliphatic rings. The number of benzene rings is 1. The van der Waals surface area contributed by atoms with E-state index in [1.165, 1.54) is 83.5 Å². The molecular formula is C44H76N2O7. The van der Waals surface area contributed by atoms with Crippen LogP contribution >= 0.6 is 0 Å². The van der Waals surface area contributed by atoms with Crippen molar-refractivity contribution in [2.24, 2.45) is 0 Å². The molecule has 0 spiro atoms. The van der Waals surface area contributed by atoms with Crippen LogP contribution < -0.4 is 10.6 Å². The Morgan fingerprint density at radius 3 is 2.00 bits per heavy atom. The highest BCUT2D eigenvalue weighted by atomic mass is 16.7. The van der Waals surface area contributed by atoms with Gasteiger partial charge in [-0.1, -0.05) is 147 Å². The van der Waals surface area contributed by atoms with Crippen LogP contribution in [0.4, 0.5) is 4.79 Å². The smallest absolute Gasteiger partial charge is 0.407 e. The first-order chi connectivity index (χ1) is 26.0. The predicted molar refractivity (Wildman–Crippen MR) is 214 cm³/mol. The molecule has 0 aromatic heterocycles. The van der Waals surface area contributed by atoms with Crippen LogP contribution in [0.1, 0.15) is 186 Å². The summed E-state index contributed by atoms with van der Waals surface area (Å²) in [6.07, 6.45) is 25.9. The van der Waals surface area contributed by atoms with Crippen LogP contribution in [-0.4, -0.2) is 56.2 Å². The van der Waals surface area contributed by atoms with Gasteiger partial charge in [0.25, 0.3) is 0 Å². The fourth-order valence-corrected chi connectivity index (χ4v) is 6.78. The summed E-state index contributed by atoms with van der Waals surface area (Å²) < 4.78 is 23.1. The second-order valence-electron chi connectivity index (χ2n) is 15.0. The fourth-order valence-electron chi connectivity index (χ4n) is 6.78. The molecule has 0 aliphatic carbocycles. The molecule has 0 bridgehead atoms. The van der Waals surface area contributed by atoms with Gasteiger partial charge in [-0.25, -0.2) is 4.79 Å². The highest BCUT2D eigenvalue weighted by Crippen LogP contribution is 2.18. The first-order valence-electron chi connectivity index (χ1n) is 21.7. The lowest BCUT2D eigenvalue weighted by atomic mass is 10.0. The molecule has 2 amide bonds. The Kier molecular flexibility index (Phi) is 28.7. The number of esters is 1. The highest BCUT2D eigenvalue weighted by molar-refractivity contribution is 5.77. The Hall–Kier alpha value is -2.65. The maximum atomic E-state index is 13.5. The van der Waals surface area contributed by atoms with E-state index in [1.54, 1.807) is 0 Å². The third-order valence-electron chi connectivity index (χ3n) is 10.0. The molecule has 2 N–H and O–H groups in total. The molecule has 1 aromatic rings. The monoisotopic (exact) mass is 745 g/mol. The molecule has 0 radical (unpaired) electrons.